The molecule has 4 aromatic carbocycles. The van der Waals surface area contributed by atoms with E-state index in [1.807, 2.05) is 48.5 Å². The Morgan fingerprint density at radius 2 is 0.956 bits per heavy atom. The van der Waals surface area contributed by atoms with Gasteiger partial charge in [-0.3, -0.25) is 0 Å². The average Bonchev–Trinajstić information content (AvgIpc) is 4.02. The minimum absolute atomic E-state index is 0.0351. The van der Waals surface area contributed by atoms with Crippen LogP contribution in [0, 0.1) is 0 Å². The van der Waals surface area contributed by atoms with Gasteiger partial charge in [-0.2, -0.15) is 0 Å². The van der Waals surface area contributed by atoms with Gasteiger partial charge in [-0.05, 0) is 70.8 Å². The second kappa shape index (κ2) is 15.1. The van der Waals surface area contributed by atoms with E-state index in [9.17, 15) is 0 Å². The second-order valence-electron chi connectivity index (χ2n) is 11.3. The van der Waals surface area contributed by atoms with E-state index in [1.165, 1.54) is 0 Å². The summed E-state index contributed by atoms with van der Waals surface area (Å²) in [6.07, 6.45) is 2.73. The predicted octanol–water partition coefficient (Wildman–Crippen LogP) is 6.53. The van der Waals surface area contributed by atoms with Gasteiger partial charge in [-0.25, -0.2) is 0 Å². The van der Waals surface area contributed by atoms with Gasteiger partial charge in [-0.1, -0.05) is 61.2 Å². The van der Waals surface area contributed by atoms with E-state index in [0.717, 1.165) is 58.5 Å². The monoisotopic (exact) mass is 608 g/mol. The zero-order valence-electron chi connectivity index (χ0n) is 25.4. The Kier molecular flexibility index (Phi) is 10.3. The molecule has 6 rings (SSSR count). The fourth-order valence-corrected chi connectivity index (χ4v) is 5.36. The van der Waals surface area contributed by atoms with Crippen LogP contribution >= 0.6 is 0 Å². The summed E-state index contributed by atoms with van der Waals surface area (Å²) in [5.41, 5.74) is 4.61. The molecule has 2 saturated heterocycles. The van der Waals surface area contributed by atoms with Gasteiger partial charge in [-0.15, -0.1) is 0 Å². The Morgan fingerprint density at radius 3 is 1.29 bits per heavy atom. The lowest BCUT2D eigenvalue weighted by Crippen LogP contribution is -2.15. The molecular weight excluding hydrogens is 568 g/mol. The molecule has 0 bridgehead atoms. The van der Waals surface area contributed by atoms with Gasteiger partial charge >= 0.3 is 0 Å². The van der Waals surface area contributed by atoms with Gasteiger partial charge in [0, 0.05) is 24.9 Å². The molecule has 2 aliphatic heterocycles. The van der Waals surface area contributed by atoms with Crippen LogP contribution in [-0.2, 0) is 9.47 Å². The van der Waals surface area contributed by atoms with E-state index in [-0.39, 0.29) is 30.7 Å². The Hall–Kier alpha value is -4.30. The van der Waals surface area contributed by atoms with Crippen LogP contribution in [-0.4, -0.2) is 63.6 Å². The molecule has 0 amide bonds. The maximum Gasteiger partial charge on any atom is 0.119 e. The lowest BCUT2D eigenvalue weighted by molar-refractivity contribution is 0.233. The fourth-order valence-electron chi connectivity index (χ4n) is 5.36. The molecule has 7 nitrogen and oxygen atoms in total. The highest BCUT2D eigenvalue weighted by atomic mass is 16.6. The van der Waals surface area contributed by atoms with E-state index in [1.54, 1.807) is 6.08 Å². The van der Waals surface area contributed by atoms with Crippen LogP contribution in [0.4, 0.5) is 0 Å². The normalized spacial score (nSPS) is 18.0. The lowest BCUT2D eigenvalue weighted by atomic mass is 9.73. The zero-order chi connectivity index (χ0) is 30.8. The number of ether oxygens (including phenoxy) is 6. The van der Waals surface area contributed by atoms with Crippen molar-refractivity contribution in [1.29, 1.82) is 0 Å². The predicted molar refractivity (Wildman–Crippen MR) is 173 cm³/mol. The first-order chi connectivity index (χ1) is 22.2. The smallest absolute Gasteiger partial charge is 0.119 e. The van der Waals surface area contributed by atoms with Crippen molar-refractivity contribution >= 4 is 0 Å². The topological polar surface area (TPSA) is 82.2 Å². The number of aliphatic hydroxyl groups excluding tert-OH is 1. The summed E-state index contributed by atoms with van der Waals surface area (Å²) in [7, 11) is 0. The molecule has 7 heteroatoms. The largest absolute Gasteiger partial charge is 0.494 e. The third-order valence-corrected chi connectivity index (χ3v) is 7.91. The first kappa shape index (κ1) is 30.7. The van der Waals surface area contributed by atoms with Gasteiger partial charge in [0.15, 0.2) is 0 Å². The van der Waals surface area contributed by atoms with Crippen LogP contribution in [0.25, 0.3) is 0 Å². The summed E-state index contributed by atoms with van der Waals surface area (Å²) in [6.45, 7) is 7.43. The van der Waals surface area contributed by atoms with E-state index in [2.05, 4.69) is 55.1 Å². The van der Waals surface area contributed by atoms with E-state index in [0.29, 0.717) is 32.8 Å². The SMILES string of the molecule is C=CCOc1ccc(C(c2ccc(OCC3CO3)cc2)C(c2ccc(OCCCO)cc2)c2ccc(OCC3CO3)cc2)cc1. The molecule has 4 atom stereocenters. The molecule has 0 spiro atoms. The highest BCUT2D eigenvalue weighted by molar-refractivity contribution is 5.48. The van der Waals surface area contributed by atoms with Crippen molar-refractivity contribution in [2.24, 2.45) is 0 Å². The molecule has 4 unspecified atom stereocenters. The summed E-state index contributed by atoms with van der Waals surface area (Å²) < 4.78 is 34.2. The number of rotatable bonds is 18. The highest BCUT2D eigenvalue weighted by Crippen LogP contribution is 2.44. The van der Waals surface area contributed by atoms with E-state index in [4.69, 9.17) is 33.5 Å². The summed E-state index contributed by atoms with van der Waals surface area (Å²) in [4.78, 5) is 0. The molecule has 0 saturated carbocycles. The maximum atomic E-state index is 9.16. The van der Waals surface area contributed by atoms with Crippen molar-refractivity contribution in [3.63, 3.8) is 0 Å². The van der Waals surface area contributed by atoms with Crippen molar-refractivity contribution in [1.82, 2.24) is 0 Å². The first-order valence-electron chi connectivity index (χ1n) is 15.6. The van der Waals surface area contributed by atoms with Crippen LogP contribution in [0.3, 0.4) is 0 Å². The fraction of sp³-hybridized carbons (Fsp3) is 0.316. The molecule has 2 heterocycles. The molecule has 0 radical (unpaired) electrons. The lowest BCUT2D eigenvalue weighted by Gasteiger charge is -2.30. The molecular formula is C38H40O7. The van der Waals surface area contributed by atoms with Crippen LogP contribution in [0.1, 0.15) is 40.5 Å². The summed E-state index contributed by atoms with van der Waals surface area (Å²) in [6, 6.07) is 33.4. The van der Waals surface area contributed by atoms with Gasteiger partial charge < -0.3 is 33.5 Å². The van der Waals surface area contributed by atoms with Gasteiger partial charge in [0.1, 0.15) is 55.0 Å². The molecule has 0 aromatic heterocycles. The number of hydrogen-bond donors (Lipinski definition) is 1. The Labute approximate surface area is 264 Å². The minimum Gasteiger partial charge on any atom is -0.494 e. The highest BCUT2D eigenvalue weighted by Gasteiger charge is 2.29. The van der Waals surface area contributed by atoms with Crippen molar-refractivity contribution in [2.75, 3.05) is 46.2 Å². The molecule has 45 heavy (non-hydrogen) atoms. The third-order valence-electron chi connectivity index (χ3n) is 7.91. The van der Waals surface area contributed by atoms with Crippen LogP contribution < -0.4 is 18.9 Å². The van der Waals surface area contributed by atoms with Crippen LogP contribution in [0.2, 0.25) is 0 Å². The average molecular weight is 609 g/mol. The van der Waals surface area contributed by atoms with E-state index >= 15 is 0 Å². The van der Waals surface area contributed by atoms with Gasteiger partial charge in [0.25, 0.3) is 0 Å². The molecule has 2 aliphatic rings. The van der Waals surface area contributed by atoms with Crippen molar-refractivity contribution in [3.8, 4) is 23.0 Å². The number of benzene rings is 4. The number of epoxide rings is 2. The Balaban J connectivity index is 1.36. The number of aliphatic hydroxyl groups is 1. The minimum atomic E-state index is -0.0381. The van der Waals surface area contributed by atoms with Crippen LogP contribution in [0.5, 0.6) is 23.0 Å². The molecule has 0 aliphatic carbocycles. The second-order valence-corrected chi connectivity index (χ2v) is 11.3. The standard InChI is InChI=1S/C38H40O7/c1-2-21-40-31-12-4-27(5-13-31)37(29-8-16-33(17-9-29)42-23-35-25-44-35)38(28-6-14-32(15-7-28)41-22-3-20-39)30-10-18-34(19-11-30)43-24-36-26-45-36/h2,4-19,35-39H,1,3,20-26H2. The van der Waals surface area contributed by atoms with Crippen LogP contribution in [0.15, 0.2) is 110 Å². The summed E-state index contributed by atoms with van der Waals surface area (Å²) >= 11 is 0. The zero-order valence-corrected chi connectivity index (χ0v) is 25.4. The summed E-state index contributed by atoms with van der Waals surface area (Å²) in [5.74, 6) is 3.14. The van der Waals surface area contributed by atoms with Crippen molar-refractivity contribution < 1.29 is 33.5 Å². The van der Waals surface area contributed by atoms with Gasteiger partial charge in [0.05, 0.1) is 19.8 Å². The number of hydrogen-bond acceptors (Lipinski definition) is 7. The van der Waals surface area contributed by atoms with Crippen molar-refractivity contribution in [2.45, 2.75) is 30.5 Å². The quantitative estimate of drug-likeness (QED) is 0.0781. The Morgan fingerprint density at radius 1 is 0.600 bits per heavy atom. The molecule has 4 aromatic rings. The Bertz CT molecular complexity index is 1480. The maximum absolute atomic E-state index is 9.16. The van der Waals surface area contributed by atoms with Gasteiger partial charge in [0.2, 0.25) is 0 Å². The van der Waals surface area contributed by atoms with Crippen molar-refractivity contribution in [3.05, 3.63) is 132 Å². The molecule has 2 fully saturated rings. The molecule has 234 valence electrons. The van der Waals surface area contributed by atoms with E-state index < -0.39 is 0 Å². The third kappa shape index (κ3) is 8.66. The molecule has 1 N–H and O–H groups in total. The first-order valence-corrected chi connectivity index (χ1v) is 15.6. The summed E-state index contributed by atoms with van der Waals surface area (Å²) in [5, 5.41) is 9.16.